The molecule has 1 amide bonds. The van der Waals surface area contributed by atoms with Gasteiger partial charge in [-0.2, -0.15) is 0 Å². The van der Waals surface area contributed by atoms with Crippen LogP contribution in [0.1, 0.15) is 23.5 Å². The fourth-order valence-electron chi connectivity index (χ4n) is 2.71. The van der Waals surface area contributed by atoms with E-state index in [2.05, 4.69) is 47.4 Å². The van der Waals surface area contributed by atoms with Crippen molar-refractivity contribution in [3.05, 3.63) is 59.7 Å². The summed E-state index contributed by atoms with van der Waals surface area (Å²) in [5.41, 5.74) is 8.69. The zero-order valence-corrected chi connectivity index (χ0v) is 15.0. The van der Waals surface area contributed by atoms with Crippen molar-refractivity contribution in [2.24, 2.45) is 5.92 Å². The van der Waals surface area contributed by atoms with Crippen molar-refractivity contribution >= 4 is 28.9 Å². The van der Waals surface area contributed by atoms with Crippen molar-refractivity contribution in [3.8, 4) is 5.75 Å². The lowest BCUT2D eigenvalue weighted by molar-refractivity contribution is -0.122. The van der Waals surface area contributed by atoms with Gasteiger partial charge in [0.2, 0.25) is 5.91 Å². The minimum Gasteiger partial charge on any atom is -0.497 e. The second kappa shape index (κ2) is 7.53. The largest absolute Gasteiger partial charge is 0.497 e. The van der Waals surface area contributed by atoms with E-state index in [1.54, 1.807) is 7.11 Å². The molecule has 2 aromatic rings. The molecule has 1 aliphatic rings. The van der Waals surface area contributed by atoms with Crippen LogP contribution in [0.5, 0.6) is 5.75 Å². The second-order valence-electron chi connectivity index (χ2n) is 6.16. The summed E-state index contributed by atoms with van der Waals surface area (Å²) in [6.45, 7) is 2.06. The highest BCUT2D eigenvalue weighted by Crippen LogP contribution is 2.47. The standard InChI is InChI=1S/C19H21N3O2S/c1-12-3-5-13(6-4-12)16-11-17(16)18(23)21-22-19(25)20-14-7-9-15(24-2)10-8-14/h3-10,16-17H,11H2,1-2H3,(H,21,23)(H2,20,22,25)/t16-,17+/m1/s1. The molecular formula is C19H21N3O2S. The van der Waals surface area contributed by atoms with E-state index in [1.165, 1.54) is 11.1 Å². The van der Waals surface area contributed by atoms with Crippen molar-refractivity contribution in [3.63, 3.8) is 0 Å². The van der Waals surface area contributed by atoms with Crippen LogP contribution in [-0.2, 0) is 4.79 Å². The molecule has 1 aliphatic carbocycles. The number of hydrogen-bond acceptors (Lipinski definition) is 3. The van der Waals surface area contributed by atoms with Crippen LogP contribution in [-0.4, -0.2) is 18.1 Å². The van der Waals surface area contributed by atoms with Crippen LogP contribution in [0.4, 0.5) is 5.69 Å². The predicted molar refractivity (Wildman–Crippen MR) is 103 cm³/mol. The van der Waals surface area contributed by atoms with Crippen molar-refractivity contribution in [1.82, 2.24) is 10.9 Å². The highest BCUT2D eigenvalue weighted by molar-refractivity contribution is 7.80. The molecule has 2 aromatic carbocycles. The van der Waals surface area contributed by atoms with Gasteiger partial charge >= 0.3 is 0 Å². The number of nitrogens with one attached hydrogen (secondary N) is 3. The number of thiocarbonyl (C=S) groups is 1. The van der Waals surface area contributed by atoms with E-state index in [9.17, 15) is 4.79 Å². The van der Waals surface area contributed by atoms with Gasteiger partial charge < -0.3 is 10.1 Å². The summed E-state index contributed by atoms with van der Waals surface area (Å²) in [6, 6.07) is 15.7. The van der Waals surface area contributed by atoms with Crippen LogP contribution >= 0.6 is 12.2 Å². The molecule has 2 atom stereocenters. The summed E-state index contributed by atoms with van der Waals surface area (Å²) >= 11 is 5.19. The smallest absolute Gasteiger partial charge is 0.242 e. The minimum atomic E-state index is -0.0375. The molecule has 0 aromatic heterocycles. The topological polar surface area (TPSA) is 62.4 Å². The third kappa shape index (κ3) is 4.48. The summed E-state index contributed by atoms with van der Waals surface area (Å²) in [5, 5.41) is 3.35. The summed E-state index contributed by atoms with van der Waals surface area (Å²) in [7, 11) is 1.62. The summed E-state index contributed by atoms with van der Waals surface area (Å²) in [5.74, 6) is 1.03. The first-order valence-electron chi connectivity index (χ1n) is 8.14. The Hall–Kier alpha value is -2.60. The third-order valence-electron chi connectivity index (χ3n) is 4.28. The third-order valence-corrected chi connectivity index (χ3v) is 4.48. The van der Waals surface area contributed by atoms with Gasteiger partial charge in [0.25, 0.3) is 0 Å². The van der Waals surface area contributed by atoms with E-state index in [0.29, 0.717) is 11.0 Å². The number of anilines is 1. The maximum absolute atomic E-state index is 12.2. The molecule has 0 spiro atoms. The number of ether oxygens (including phenoxy) is 1. The number of rotatable bonds is 4. The SMILES string of the molecule is COc1ccc(NC(=S)NNC(=O)[C@H]2C[C@@H]2c2ccc(C)cc2)cc1. The van der Waals surface area contributed by atoms with Crippen LogP contribution in [0.15, 0.2) is 48.5 Å². The van der Waals surface area contributed by atoms with Crippen molar-refractivity contribution < 1.29 is 9.53 Å². The predicted octanol–water partition coefficient (Wildman–Crippen LogP) is 3.12. The molecule has 1 fully saturated rings. The maximum Gasteiger partial charge on any atom is 0.242 e. The quantitative estimate of drug-likeness (QED) is 0.581. The zero-order valence-electron chi connectivity index (χ0n) is 14.2. The first kappa shape index (κ1) is 17.2. The van der Waals surface area contributed by atoms with Gasteiger partial charge in [0.15, 0.2) is 5.11 Å². The number of hydrazine groups is 1. The average Bonchev–Trinajstić information content (AvgIpc) is 3.42. The molecule has 3 rings (SSSR count). The molecular weight excluding hydrogens is 334 g/mol. The number of methoxy groups -OCH3 is 1. The van der Waals surface area contributed by atoms with Crippen molar-refractivity contribution in [2.75, 3.05) is 12.4 Å². The Bertz CT molecular complexity index is 759. The zero-order chi connectivity index (χ0) is 17.8. The Morgan fingerprint density at radius 1 is 1.08 bits per heavy atom. The van der Waals surface area contributed by atoms with Crippen LogP contribution < -0.4 is 20.9 Å². The molecule has 3 N–H and O–H groups in total. The highest BCUT2D eigenvalue weighted by atomic mass is 32.1. The molecule has 0 unspecified atom stereocenters. The first-order chi connectivity index (χ1) is 12.1. The molecule has 0 radical (unpaired) electrons. The molecule has 0 bridgehead atoms. The van der Waals surface area contributed by atoms with E-state index in [4.69, 9.17) is 17.0 Å². The molecule has 130 valence electrons. The number of carbonyl (C=O) groups is 1. The average molecular weight is 355 g/mol. The fraction of sp³-hybridized carbons (Fsp3) is 0.263. The summed E-state index contributed by atoms with van der Waals surface area (Å²) < 4.78 is 5.11. The van der Waals surface area contributed by atoms with Gasteiger partial charge in [-0.3, -0.25) is 15.6 Å². The number of hydrogen-bond donors (Lipinski definition) is 3. The lowest BCUT2D eigenvalue weighted by atomic mass is 10.1. The van der Waals surface area contributed by atoms with E-state index in [1.807, 2.05) is 24.3 Å². The van der Waals surface area contributed by atoms with E-state index < -0.39 is 0 Å². The maximum atomic E-state index is 12.2. The van der Waals surface area contributed by atoms with Gasteiger partial charge in [-0.05, 0) is 61.3 Å². The highest BCUT2D eigenvalue weighted by Gasteiger charge is 2.43. The molecule has 0 aliphatic heterocycles. The number of carbonyl (C=O) groups excluding carboxylic acids is 1. The minimum absolute atomic E-state index is 0.000933. The summed E-state index contributed by atoms with van der Waals surface area (Å²) in [6.07, 6.45) is 0.870. The van der Waals surface area contributed by atoms with Crippen LogP contribution in [0, 0.1) is 12.8 Å². The lowest BCUT2D eigenvalue weighted by Crippen LogP contribution is -2.44. The number of benzene rings is 2. The van der Waals surface area contributed by atoms with Crippen LogP contribution in [0.2, 0.25) is 0 Å². The van der Waals surface area contributed by atoms with Gasteiger partial charge in [-0.25, -0.2) is 0 Å². The lowest BCUT2D eigenvalue weighted by Gasteiger charge is -2.12. The van der Waals surface area contributed by atoms with Crippen molar-refractivity contribution in [2.45, 2.75) is 19.3 Å². The second-order valence-corrected chi connectivity index (χ2v) is 6.56. The Balaban J connectivity index is 1.44. The molecule has 25 heavy (non-hydrogen) atoms. The first-order valence-corrected chi connectivity index (χ1v) is 8.55. The molecule has 6 heteroatoms. The summed E-state index contributed by atoms with van der Waals surface area (Å²) in [4.78, 5) is 12.2. The van der Waals surface area contributed by atoms with Crippen LogP contribution in [0.3, 0.4) is 0 Å². The van der Waals surface area contributed by atoms with Gasteiger partial charge in [-0.1, -0.05) is 29.8 Å². The van der Waals surface area contributed by atoms with E-state index in [-0.39, 0.29) is 11.8 Å². The number of amides is 1. The van der Waals surface area contributed by atoms with E-state index >= 15 is 0 Å². The Morgan fingerprint density at radius 3 is 2.40 bits per heavy atom. The Morgan fingerprint density at radius 2 is 1.76 bits per heavy atom. The van der Waals surface area contributed by atoms with Gasteiger partial charge in [0, 0.05) is 11.6 Å². The van der Waals surface area contributed by atoms with Gasteiger partial charge in [-0.15, -0.1) is 0 Å². The molecule has 0 heterocycles. The van der Waals surface area contributed by atoms with Crippen molar-refractivity contribution in [1.29, 1.82) is 0 Å². The monoisotopic (exact) mass is 355 g/mol. The van der Waals surface area contributed by atoms with Gasteiger partial charge in [0.1, 0.15) is 5.75 Å². The van der Waals surface area contributed by atoms with Gasteiger partial charge in [0.05, 0.1) is 7.11 Å². The fourth-order valence-corrected chi connectivity index (χ4v) is 2.88. The Labute approximate surface area is 152 Å². The normalized spacial score (nSPS) is 18.2. The molecule has 1 saturated carbocycles. The molecule has 0 saturated heterocycles. The Kier molecular flexibility index (Phi) is 5.19. The van der Waals surface area contributed by atoms with E-state index in [0.717, 1.165) is 17.9 Å². The number of aryl methyl sites for hydroxylation is 1. The van der Waals surface area contributed by atoms with Crippen LogP contribution in [0.25, 0.3) is 0 Å². The molecule has 5 nitrogen and oxygen atoms in total.